The Labute approximate surface area is 154 Å². The minimum Gasteiger partial charge on any atom is -0.427 e. The number of hydrogen-bond donors (Lipinski definition) is 9. The van der Waals surface area contributed by atoms with E-state index < -0.39 is 72.7 Å². The van der Waals surface area contributed by atoms with Crippen LogP contribution in [0.1, 0.15) is 20.3 Å². The Bertz CT molecular complexity index is 524. The summed E-state index contributed by atoms with van der Waals surface area (Å²) in [6, 6.07) is 0. The Balaban J connectivity index is 2.62. The second-order valence-corrected chi connectivity index (χ2v) is 7.18. The summed E-state index contributed by atoms with van der Waals surface area (Å²) >= 11 is 0. The van der Waals surface area contributed by atoms with Gasteiger partial charge in [0.1, 0.15) is 24.4 Å². The number of carbonyl (C=O) groups excluding carboxylic acids is 2. The number of amides is 1. The summed E-state index contributed by atoms with van der Waals surface area (Å²) < 4.78 is 4.55. The summed E-state index contributed by atoms with van der Waals surface area (Å²) in [5.74, 6) is -5.17. The van der Waals surface area contributed by atoms with Crippen molar-refractivity contribution in [3.8, 4) is 0 Å². The maximum Gasteiger partial charge on any atom is 0.310 e. The highest BCUT2D eigenvalue weighted by molar-refractivity contribution is 5.82. The molecular formula is C15H27NO11. The lowest BCUT2D eigenvalue weighted by molar-refractivity contribution is -0.347. The molecule has 1 aliphatic carbocycles. The zero-order valence-electron chi connectivity index (χ0n) is 14.9. The molecule has 158 valence electrons. The van der Waals surface area contributed by atoms with Gasteiger partial charge >= 0.3 is 5.97 Å². The molecule has 1 amide bonds. The van der Waals surface area contributed by atoms with Crippen LogP contribution in [-0.2, 0) is 14.3 Å². The first kappa shape index (κ1) is 23.7. The molecule has 1 fully saturated rings. The highest BCUT2D eigenvalue weighted by Gasteiger charge is 2.60. The van der Waals surface area contributed by atoms with Gasteiger partial charge in [0.2, 0.25) is 5.91 Å². The monoisotopic (exact) mass is 397 g/mol. The van der Waals surface area contributed by atoms with Crippen molar-refractivity contribution in [2.75, 3.05) is 13.2 Å². The second kappa shape index (κ2) is 8.75. The fraction of sp³-hybridized carbons (Fsp3) is 0.867. The van der Waals surface area contributed by atoms with Crippen LogP contribution >= 0.6 is 0 Å². The van der Waals surface area contributed by atoms with E-state index in [0.717, 1.165) is 0 Å². The normalized spacial score (nSPS) is 35.4. The Morgan fingerprint density at radius 3 is 2.00 bits per heavy atom. The van der Waals surface area contributed by atoms with Gasteiger partial charge in [-0.25, -0.2) is 0 Å². The Hall–Kier alpha value is -1.38. The molecule has 0 aromatic carbocycles. The summed E-state index contributed by atoms with van der Waals surface area (Å²) in [6.45, 7) is 2.06. The molecule has 0 aliphatic heterocycles. The minimum absolute atomic E-state index is 0.355. The molecule has 0 radical (unpaired) electrons. The van der Waals surface area contributed by atoms with Gasteiger partial charge < -0.3 is 50.9 Å². The van der Waals surface area contributed by atoms with E-state index in [1.165, 1.54) is 13.8 Å². The maximum absolute atomic E-state index is 11.8. The van der Waals surface area contributed by atoms with Crippen LogP contribution in [-0.4, -0.2) is 108 Å². The number of carbonyl (C=O) groups is 2. The first-order valence-electron chi connectivity index (χ1n) is 8.20. The average molecular weight is 397 g/mol. The molecule has 0 spiro atoms. The molecule has 0 saturated heterocycles. The van der Waals surface area contributed by atoms with Crippen LogP contribution in [0, 0.1) is 5.41 Å². The van der Waals surface area contributed by atoms with Gasteiger partial charge in [-0.1, -0.05) is 13.8 Å². The van der Waals surface area contributed by atoms with Crippen LogP contribution in [0.3, 0.4) is 0 Å². The van der Waals surface area contributed by atoms with Crippen LogP contribution in [0.25, 0.3) is 0 Å². The molecule has 0 aromatic rings. The van der Waals surface area contributed by atoms with E-state index >= 15 is 0 Å². The standard InChI is InChI=1S/C15H27NO11/c1-14(2,5-17)12(24)13(25)16-4-3-6(18)27-15(26)10(22)8(20)7(19)9(21)11(15)23/h7-12,17,19-24,26H,3-5H2,1-2H3,(H,16,25)/t7?,8-,9+,10-,11-,12+,15?/m1/s1. The summed E-state index contributed by atoms with van der Waals surface area (Å²) in [7, 11) is 0. The molecule has 12 nitrogen and oxygen atoms in total. The molecule has 0 heterocycles. The third-order valence-electron chi connectivity index (χ3n) is 4.50. The van der Waals surface area contributed by atoms with E-state index in [1.54, 1.807) is 0 Å². The molecule has 0 aromatic heterocycles. The molecule has 0 bridgehead atoms. The van der Waals surface area contributed by atoms with Gasteiger partial charge in [0.25, 0.3) is 5.79 Å². The van der Waals surface area contributed by atoms with Gasteiger partial charge in [-0.3, -0.25) is 9.59 Å². The van der Waals surface area contributed by atoms with E-state index in [9.17, 15) is 45.3 Å². The van der Waals surface area contributed by atoms with Crippen molar-refractivity contribution >= 4 is 11.9 Å². The number of aliphatic hydroxyl groups is 8. The summed E-state index contributed by atoms with van der Waals surface area (Å²) in [5.41, 5.74) is -1.12. The van der Waals surface area contributed by atoms with Crippen molar-refractivity contribution in [1.29, 1.82) is 0 Å². The lowest BCUT2D eigenvalue weighted by Crippen LogP contribution is -2.72. The van der Waals surface area contributed by atoms with Gasteiger partial charge in [0.15, 0.2) is 12.2 Å². The molecular weight excluding hydrogens is 370 g/mol. The van der Waals surface area contributed by atoms with Crippen LogP contribution in [0.15, 0.2) is 0 Å². The highest BCUT2D eigenvalue weighted by atomic mass is 16.7. The van der Waals surface area contributed by atoms with Gasteiger partial charge in [-0.05, 0) is 0 Å². The topological polar surface area (TPSA) is 217 Å². The number of rotatable bonds is 7. The molecule has 7 atom stereocenters. The number of esters is 1. The number of hydrogen-bond acceptors (Lipinski definition) is 11. The molecule has 2 unspecified atom stereocenters. The van der Waals surface area contributed by atoms with Gasteiger partial charge in [0, 0.05) is 12.0 Å². The third-order valence-corrected chi connectivity index (χ3v) is 4.50. The van der Waals surface area contributed by atoms with E-state index in [1.807, 2.05) is 0 Å². The van der Waals surface area contributed by atoms with Gasteiger partial charge in [-0.15, -0.1) is 0 Å². The molecule has 12 heteroatoms. The first-order valence-corrected chi connectivity index (χ1v) is 8.20. The predicted octanol–water partition coefficient (Wildman–Crippen LogP) is -5.08. The Morgan fingerprint density at radius 2 is 1.56 bits per heavy atom. The fourth-order valence-corrected chi connectivity index (χ4v) is 2.42. The molecule has 1 saturated carbocycles. The predicted molar refractivity (Wildman–Crippen MR) is 85.6 cm³/mol. The second-order valence-electron chi connectivity index (χ2n) is 7.18. The van der Waals surface area contributed by atoms with Crippen LogP contribution in [0.5, 0.6) is 0 Å². The third kappa shape index (κ3) is 4.92. The van der Waals surface area contributed by atoms with E-state index in [-0.39, 0.29) is 6.54 Å². The zero-order chi connectivity index (χ0) is 21.2. The summed E-state index contributed by atoms with van der Waals surface area (Å²) in [6.07, 6.45) is -12.9. The largest absolute Gasteiger partial charge is 0.427 e. The van der Waals surface area contributed by atoms with Crippen LogP contribution in [0.2, 0.25) is 0 Å². The number of nitrogens with one attached hydrogen (secondary N) is 1. The SMILES string of the molecule is CC(C)(CO)[C@@H](O)C(=O)NCCC(=O)OC1(O)[C@H](O)[C@H](O)C(O)[C@H](O)[C@H]1O. The van der Waals surface area contributed by atoms with E-state index in [2.05, 4.69) is 10.1 Å². The van der Waals surface area contributed by atoms with Crippen molar-refractivity contribution in [2.45, 2.75) is 62.7 Å². The molecule has 27 heavy (non-hydrogen) atoms. The van der Waals surface area contributed by atoms with E-state index in [4.69, 9.17) is 5.11 Å². The summed E-state index contributed by atoms with van der Waals surface area (Å²) in [5, 5.41) is 79.3. The molecule has 1 aliphatic rings. The number of ether oxygens (including phenoxy) is 1. The molecule has 1 rings (SSSR count). The van der Waals surface area contributed by atoms with Crippen molar-refractivity contribution in [1.82, 2.24) is 5.32 Å². The van der Waals surface area contributed by atoms with E-state index in [0.29, 0.717) is 0 Å². The lowest BCUT2D eigenvalue weighted by Gasteiger charge is -2.46. The first-order chi connectivity index (χ1) is 12.3. The highest BCUT2D eigenvalue weighted by Crippen LogP contribution is 2.31. The quantitative estimate of drug-likeness (QED) is 0.146. The molecule has 9 N–H and O–H groups in total. The van der Waals surface area contributed by atoms with Crippen molar-refractivity contribution in [2.24, 2.45) is 5.41 Å². The maximum atomic E-state index is 11.8. The fourth-order valence-electron chi connectivity index (χ4n) is 2.42. The summed E-state index contributed by atoms with van der Waals surface area (Å²) in [4.78, 5) is 23.6. The van der Waals surface area contributed by atoms with Gasteiger partial charge in [-0.2, -0.15) is 0 Å². The number of aliphatic hydroxyl groups excluding tert-OH is 7. The van der Waals surface area contributed by atoms with Crippen molar-refractivity contribution < 1.29 is 55.2 Å². The minimum atomic E-state index is -3.09. The van der Waals surface area contributed by atoms with Gasteiger partial charge in [0.05, 0.1) is 13.0 Å². The smallest absolute Gasteiger partial charge is 0.310 e. The van der Waals surface area contributed by atoms with Crippen molar-refractivity contribution in [3.05, 3.63) is 0 Å². The Kier molecular flexibility index (Phi) is 7.67. The average Bonchev–Trinajstić information content (AvgIpc) is 2.62. The van der Waals surface area contributed by atoms with Crippen LogP contribution in [0.4, 0.5) is 0 Å². The van der Waals surface area contributed by atoms with Crippen molar-refractivity contribution in [3.63, 3.8) is 0 Å². The lowest BCUT2D eigenvalue weighted by atomic mass is 9.82. The van der Waals surface area contributed by atoms with Crippen LogP contribution < -0.4 is 5.32 Å². The zero-order valence-corrected chi connectivity index (χ0v) is 14.9. The Morgan fingerprint density at radius 1 is 1.07 bits per heavy atom.